The highest BCUT2D eigenvalue weighted by Crippen LogP contribution is 2.32. The summed E-state index contributed by atoms with van der Waals surface area (Å²) in [7, 11) is 0. The highest BCUT2D eigenvalue weighted by molar-refractivity contribution is 6.13. The van der Waals surface area contributed by atoms with Crippen LogP contribution < -0.4 is 5.32 Å². The van der Waals surface area contributed by atoms with Crippen molar-refractivity contribution in [2.45, 2.75) is 115 Å². The van der Waals surface area contributed by atoms with Gasteiger partial charge >= 0.3 is 12.2 Å². The number of halogens is 2. The molecule has 5 heterocycles. The number of ether oxygens (including phenoxy) is 5. The van der Waals surface area contributed by atoms with Crippen molar-refractivity contribution < 1.29 is 81.9 Å². The lowest BCUT2D eigenvalue weighted by Gasteiger charge is -2.37. The Balaban J connectivity index is 0.000000267. The molecule has 326 valence electrons. The number of hydrogen-bond donors (Lipinski definition) is 6. The number of carbonyl (C=O) groups is 4. The third kappa shape index (κ3) is 11.9. The summed E-state index contributed by atoms with van der Waals surface area (Å²) >= 11 is 0. The van der Waals surface area contributed by atoms with Crippen LogP contribution in [-0.4, -0.2) is 166 Å². The first-order chi connectivity index (χ1) is 27.5. The number of hydroxylamine groups is 3. The van der Waals surface area contributed by atoms with Crippen molar-refractivity contribution in [3.05, 3.63) is 23.8 Å². The minimum absolute atomic E-state index is 0.102. The van der Waals surface area contributed by atoms with Gasteiger partial charge in [-0.3, -0.25) is 9.59 Å². The number of hydrogen-bond acceptors (Lipinski definition) is 14. The monoisotopic (exact) mass is 832 g/mol. The Morgan fingerprint density at radius 1 is 0.862 bits per heavy atom. The van der Waals surface area contributed by atoms with E-state index in [9.17, 15) is 49.2 Å². The second-order valence-electron chi connectivity index (χ2n) is 14.7. The van der Waals surface area contributed by atoms with E-state index >= 15 is 4.39 Å². The van der Waals surface area contributed by atoms with E-state index in [0.29, 0.717) is 12.8 Å². The third-order valence-corrected chi connectivity index (χ3v) is 10.3. The fourth-order valence-corrected chi connectivity index (χ4v) is 6.74. The number of nitrogens with zero attached hydrogens (tertiary/aromatic N) is 4. The third-order valence-electron chi connectivity index (χ3n) is 10.3. The van der Waals surface area contributed by atoms with Gasteiger partial charge in [-0.05, 0) is 38.8 Å². The molecular weight excluding hydrogens is 776 g/mol. The van der Waals surface area contributed by atoms with Crippen molar-refractivity contribution in [3.8, 4) is 0 Å². The number of amidine groups is 2. The minimum Gasteiger partial charge on any atom is -0.449 e. The number of aliphatic hydroxyl groups is 4. The summed E-state index contributed by atoms with van der Waals surface area (Å²) in [6.45, 7) is 7.77. The van der Waals surface area contributed by atoms with Crippen LogP contribution in [0.3, 0.4) is 0 Å². The van der Waals surface area contributed by atoms with Crippen LogP contribution in [0.5, 0.6) is 0 Å². The molecule has 0 aromatic carbocycles. The first-order valence-electron chi connectivity index (χ1n) is 19.6. The average Bonchev–Trinajstić information content (AvgIpc) is 3.60. The number of aliphatic hydroxyl groups excluding tert-OH is 4. The predicted octanol–water partition coefficient (Wildman–Crippen LogP) is 1.55. The summed E-state index contributed by atoms with van der Waals surface area (Å²) in [4.78, 5) is 57.3. The average molecular weight is 833 g/mol. The summed E-state index contributed by atoms with van der Waals surface area (Å²) in [5, 5.41) is 52.7. The zero-order chi connectivity index (χ0) is 42.7. The summed E-state index contributed by atoms with van der Waals surface area (Å²) in [5.74, 6) is -6.98. The van der Waals surface area contributed by atoms with Crippen LogP contribution in [0.15, 0.2) is 33.8 Å². The molecule has 0 aliphatic carbocycles. The smallest absolute Gasteiger partial charge is 0.435 e. The second kappa shape index (κ2) is 21.5. The number of rotatable bonds is 12. The Morgan fingerprint density at radius 2 is 1.40 bits per heavy atom. The maximum Gasteiger partial charge on any atom is 0.435 e. The summed E-state index contributed by atoms with van der Waals surface area (Å²) in [6, 6.07) is 0. The molecule has 5 aliphatic heterocycles. The molecule has 3 saturated heterocycles. The van der Waals surface area contributed by atoms with Crippen molar-refractivity contribution in [2.24, 2.45) is 21.8 Å². The van der Waals surface area contributed by atoms with E-state index in [4.69, 9.17) is 23.7 Å². The van der Waals surface area contributed by atoms with Gasteiger partial charge in [-0.2, -0.15) is 14.6 Å². The van der Waals surface area contributed by atoms with Crippen LogP contribution in [0, 0.1) is 11.8 Å². The first kappa shape index (κ1) is 46.9. The van der Waals surface area contributed by atoms with Gasteiger partial charge < -0.3 is 49.4 Å². The topological polar surface area (TPSA) is 256 Å². The van der Waals surface area contributed by atoms with E-state index in [-0.39, 0.29) is 46.2 Å². The zero-order valence-corrected chi connectivity index (χ0v) is 33.1. The van der Waals surface area contributed by atoms with Crippen LogP contribution in [0.4, 0.5) is 18.4 Å². The Bertz CT molecular complexity index is 1590. The van der Waals surface area contributed by atoms with E-state index < -0.39 is 113 Å². The quantitative estimate of drug-likeness (QED) is 0.121. The SMILES string of the molecule is CCCCCOC(=O)N(C[N+]1(O)CCOCC1)C1=NC(=O)C([C@@H]2O[C@H](C)[C@H](O)C2O)C=C1F.CCCCCOC(=O)N=C1NC(=O)C([C@@H]2O[C@H](C)[C@H](O)C2O)C=C1F. The van der Waals surface area contributed by atoms with Crippen molar-refractivity contribution in [2.75, 3.05) is 46.2 Å². The van der Waals surface area contributed by atoms with Crippen LogP contribution in [0.25, 0.3) is 0 Å². The van der Waals surface area contributed by atoms with Crippen molar-refractivity contribution >= 4 is 35.7 Å². The Morgan fingerprint density at radius 3 is 1.93 bits per heavy atom. The van der Waals surface area contributed by atoms with Gasteiger partial charge in [0.1, 0.15) is 49.7 Å². The summed E-state index contributed by atoms with van der Waals surface area (Å²) in [6.07, 6.45) is -3.97. The maximum absolute atomic E-state index is 15.2. The van der Waals surface area contributed by atoms with Gasteiger partial charge in [0.2, 0.25) is 5.91 Å². The van der Waals surface area contributed by atoms with Crippen molar-refractivity contribution in [1.29, 1.82) is 0 Å². The first-order valence-corrected chi connectivity index (χ1v) is 19.6. The number of aliphatic imine (C=N–C) groups is 2. The molecule has 5 aliphatic rings. The van der Waals surface area contributed by atoms with E-state index in [0.717, 1.165) is 42.7 Å². The molecule has 0 saturated carbocycles. The minimum atomic E-state index is -1.39. The largest absolute Gasteiger partial charge is 0.449 e. The van der Waals surface area contributed by atoms with Crippen LogP contribution in [0.2, 0.25) is 0 Å². The standard InChI is InChI=1S/C21H33FN3O8.C16H23FN2O6/c1-3-4-5-8-32-21(29)24(12-25(30)6-9-31-10-7-25)19-15(22)11-14(20(28)23-19)18-17(27)16(26)13(2)33-18;1-3-4-5-6-24-16(23)19-14-10(17)7-9(15(22)18-14)13-12(21)11(20)8(2)25-13/h11,13-14,16-18,26-27,30H,3-10,12H2,1-2H3;7-9,11-13,20-21H,3-6H2,1-2H3,(H,18,19,22,23)/q+1;/t13-,14?,16+,17?,18+;8-,9?,11+,12?,13+/m11/s1. The number of dihydropyridines is 1. The van der Waals surface area contributed by atoms with Crippen LogP contribution in [0.1, 0.15) is 66.2 Å². The van der Waals surface area contributed by atoms with Gasteiger partial charge in [-0.1, -0.05) is 39.5 Å². The molecule has 0 aromatic heterocycles. The lowest BCUT2D eigenvalue weighted by molar-refractivity contribution is -1.11. The molecule has 4 amide bonds. The molecule has 6 N–H and O–H groups in total. The highest BCUT2D eigenvalue weighted by Gasteiger charge is 2.49. The van der Waals surface area contributed by atoms with Crippen LogP contribution in [-0.2, 0) is 33.3 Å². The number of morpholine rings is 1. The van der Waals surface area contributed by atoms with Gasteiger partial charge in [0.05, 0.1) is 50.5 Å². The predicted molar refractivity (Wildman–Crippen MR) is 197 cm³/mol. The van der Waals surface area contributed by atoms with Gasteiger partial charge in [0.15, 0.2) is 30.0 Å². The van der Waals surface area contributed by atoms with E-state index in [2.05, 4.69) is 15.3 Å². The van der Waals surface area contributed by atoms with Crippen molar-refractivity contribution in [3.63, 3.8) is 0 Å². The molecule has 3 fully saturated rings. The molecule has 10 atom stereocenters. The Hall–Kier alpha value is -3.80. The van der Waals surface area contributed by atoms with E-state index in [1.165, 1.54) is 13.8 Å². The molecule has 21 heteroatoms. The molecule has 0 bridgehead atoms. The fraction of sp³-hybridized carbons (Fsp3) is 0.730. The Kier molecular flexibility index (Phi) is 17.3. The fourth-order valence-electron chi connectivity index (χ4n) is 6.74. The van der Waals surface area contributed by atoms with Gasteiger partial charge in [-0.15, -0.1) is 0 Å². The van der Waals surface area contributed by atoms with Gasteiger partial charge in [0.25, 0.3) is 5.91 Å². The molecule has 0 spiro atoms. The summed E-state index contributed by atoms with van der Waals surface area (Å²) < 4.78 is 54.8. The second-order valence-corrected chi connectivity index (χ2v) is 14.7. The van der Waals surface area contributed by atoms with Gasteiger partial charge in [-0.25, -0.2) is 28.5 Å². The molecule has 19 nitrogen and oxygen atoms in total. The number of quaternary nitrogens is 1. The molecule has 5 rings (SSSR count). The number of amides is 4. The zero-order valence-electron chi connectivity index (χ0n) is 33.1. The Labute approximate surface area is 334 Å². The molecule has 58 heavy (non-hydrogen) atoms. The highest BCUT2D eigenvalue weighted by atomic mass is 19.1. The number of nitrogens with one attached hydrogen (secondary N) is 1. The number of carbonyl (C=O) groups excluding carboxylic acids is 4. The maximum atomic E-state index is 15.2. The lowest BCUT2D eigenvalue weighted by Crippen LogP contribution is -2.60. The van der Waals surface area contributed by atoms with Crippen LogP contribution >= 0.6 is 0 Å². The van der Waals surface area contributed by atoms with E-state index in [1.807, 2.05) is 13.8 Å². The molecule has 4 unspecified atom stereocenters. The molecule has 0 radical (unpaired) electrons. The van der Waals surface area contributed by atoms with E-state index in [1.54, 1.807) is 0 Å². The number of unbranched alkanes of at least 4 members (excludes halogenated alkanes) is 4. The summed E-state index contributed by atoms with van der Waals surface area (Å²) in [5.41, 5.74) is 0. The normalized spacial score (nSPS) is 32.7. The van der Waals surface area contributed by atoms with Crippen molar-refractivity contribution in [1.82, 2.24) is 10.2 Å². The van der Waals surface area contributed by atoms with Gasteiger partial charge in [0, 0.05) is 0 Å². The molecule has 0 aromatic rings. The molecular formula is C37H56F2N5O14+. The lowest BCUT2D eigenvalue weighted by atomic mass is 9.93.